The summed E-state index contributed by atoms with van der Waals surface area (Å²) in [5.74, 6) is 0.0624. The van der Waals surface area contributed by atoms with Crippen molar-refractivity contribution in [1.29, 1.82) is 0 Å². The molecule has 0 spiro atoms. The summed E-state index contributed by atoms with van der Waals surface area (Å²) >= 11 is 0. The standard InChI is InChI=1S/C12H22N4O/c1-12(2,13)6-4-11(17)14-7-5-10-8-15-16(3)9-10/h8-9H,4-7,13H2,1-3H3,(H,14,17). The van der Waals surface area contributed by atoms with Crippen molar-refractivity contribution in [3.8, 4) is 0 Å². The Balaban J connectivity index is 2.16. The summed E-state index contributed by atoms with van der Waals surface area (Å²) in [5, 5.41) is 6.95. The Morgan fingerprint density at radius 3 is 2.82 bits per heavy atom. The van der Waals surface area contributed by atoms with Crippen molar-refractivity contribution in [3.05, 3.63) is 18.0 Å². The molecule has 3 N–H and O–H groups in total. The van der Waals surface area contributed by atoms with Gasteiger partial charge in [-0.15, -0.1) is 0 Å². The Bertz CT molecular complexity index is 365. The molecule has 0 radical (unpaired) electrons. The second-order valence-electron chi connectivity index (χ2n) is 5.11. The van der Waals surface area contributed by atoms with Crippen molar-refractivity contribution in [3.63, 3.8) is 0 Å². The molecule has 0 bridgehead atoms. The number of nitrogens with two attached hydrogens (primary N) is 1. The van der Waals surface area contributed by atoms with E-state index in [-0.39, 0.29) is 11.4 Å². The minimum atomic E-state index is -0.277. The number of aryl methyl sites for hydroxylation is 1. The summed E-state index contributed by atoms with van der Waals surface area (Å²) in [5.41, 5.74) is 6.67. The number of aromatic nitrogens is 2. The van der Waals surface area contributed by atoms with E-state index in [1.165, 1.54) is 0 Å². The van der Waals surface area contributed by atoms with Gasteiger partial charge in [0.05, 0.1) is 6.20 Å². The van der Waals surface area contributed by atoms with Gasteiger partial charge in [0.25, 0.3) is 0 Å². The van der Waals surface area contributed by atoms with Crippen molar-refractivity contribution in [1.82, 2.24) is 15.1 Å². The predicted octanol–water partition coefficient (Wildman–Crippen LogP) is 0.596. The Labute approximate surface area is 102 Å². The van der Waals surface area contributed by atoms with Crippen molar-refractivity contribution in [2.45, 2.75) is 38.6 Å². The maximum absolute atomic E-state index is 11.5. The van der Waals surface area contributed by atoms with E-state index in [0.29, 0.717) is 19.4 Å². The number of carbonyl (C=O) groups is 1. The van der Waals surface area contributed by atoms with Crippen LogP contribution in [-0.2, 0) is 18.3 Å². The van der Waals surface area contributed by atoms with Crippen LogP contribution < -0.4 is 11.1 Å². The highest BCUT2D eigenvalue weighted by molar-refractivity contribution is 5.75. The smallest absolute Gasteiger partial charge is 0.220 e. The molecule has 0 unspecified atom stereocenters. The first-order valence-electron chi connectivity index (χ1n) is 5.90. The van der Waals surface area contributed by atoms with Gasteiger partial charge in [0.15, 0.2) is 0 Å². The van der Waals surface area contributed by atoms with Gasteiger partial charge in [0.2, 0.25) is 5.91 Å². The fraction of sp³-hybridized carbons (Fsp3) is 0.667. The van der Waals surface area contributed by atoms with Gasteiger partial charge in [-0.3, -0.25) is 9.48 Å². The number of nitrogens with zero attached hydrogens (tertiary/aromatic N) is 2. The van der Waals surface area contributed by atoms with Gasteiger partial charge in [-0.05, 0) is 32.3 Å². The topological polar surface area (TPSA) is 72.9 Å². The molecule has 0 aliphatic carbocycles. The number of hydrogen-bond donors (Lipinski definition) is 2. The first-order chi connectivity index (χ1) is 7.87. The zero-order valence-corrected chi connectivity index (χ0v) is 10.9. The molecule has 96 valence electrons. The molecule has 1 rings (SSSR count). The highest BCUT2D eigenvalue weighted by atomic mass is 16.1. The van der Waals surface area contributed by atoms with Crippen LogP contribution in [0.1, 0.15) is 32.3 Å². The van der Waals surface area contributed by atoms with Crippen LogP contribution >= 0.6 is 0 Å². The van der Waals surface area contributed by atoms with Gasteiger partial charge in [-0.25, -0.2) is 0 Å². The zero-order valence-electron chi connectivity index (χ0n) is 10.9. The van der Waals surface area contributed by atoms with Gasteiger partial charge in [0, 0.05) is 31.7 Å². The van der Waals surface area contributed by atoms with E-state index in [2.05, 4.69) is 10.4 Å². The quantitative estimate of drug-likeness (QED) is 0.762. The summed E-state index contributed by atoms with van der Waals surface area (Å²) in [6.07, 6.45) is 5.76. The third kappa shape index (κ3) is 6.06. The molecular formula is C12H22N4O. The number of hydrogen-bond acceptors (Lipinski definition) is 3. The van der Waals surface area contributed by atoms with Crippen LogP contribution in [0, 0.1) is 0 Å². The van der Waals surface area contributed by atoms with Crippen molar-refractivity contribution in [2.75, 3.05) is 6.54 Å². The maximum atomic E-state index is 11.5. The molecule has 5 nitrogen and oxygen atoms in total. The third-order valence-corrected chi connectivity index (χ3v) is 2.49. The first-order valence-corrected chi connectivity index (χ1v) is 5.90. The molecule has 0 aliphatic heterocycles. The summed E-state index contributed by atoms with van der Waals surface area (Å²) in [7, 11) is 1.88. The van der Waals surface area contributed by atoms with E-state index in [4.69, 9.17) is 5.73 Å². The van der Waals surface area contributed by atoms with E-state index in [9.17, 15) is 4.79 Å². The van der Waals surface area contributed by atoms with Crippen LogP contribution in [0.5, 0.6) is 0 Å². The van der Waals surface area contributed by atoms with E-state index < -0.39 is 0 Å². The lowest BCUT2D eigenvalue weighted by atomic mass is 10.00. The van der Waals surface area contributed by atoms with E-state index in [1.54, 1.807) is 4.68 Å². The number of nitrogens with one attached hydrogen (secondary N) is 1. The summed E-state index contributed by atoms with van der Waals surface area (Å²) in [6, 6.07) is 0. The second-order valence-corrected chi connectivity index (χ2v) is 5.11. The van der Waals surface area contributed by atoms with Gasteiger partial charge in [-0.2, -0.15) is 5.10 Å². The number of amides is 1. The van der Waals surface area contributed by atoms with Crippen molar-refractivity contribution < 1.29 is 4.79 Å². The summed E-state index contributed by atoms with van der Waals surface area (Å²) in [6.45, 7) is 4.50. The molecule has 5 heteroatoms. The first kappa shape index (κ1) is 13.7. The second kappa shape index (κ2) is 5.82. The summed E-state index contributed by atoms with van der Waals surface area (Å²) < 4.78 is 1.76. The molecule has 1 heterocycles. The lowest BCUT2D eigenvalue weighted by Gasteiger charge is -2.17. The number of carbonyl (C=O) groups excluding carboxylic acids is 1. The van der Waals surface area contributed by atoms with Crippen LogP contribution in [0.25, 0.3) is 0 Å². The molecule has 0 aliphatic rings. The Morgan fingerprint density at radius 2 is 2.29 bits per heavy atom. The van der Waals surface area contributed by atoms with Crippen molar-refractivity contribution in [2.24, 2.45) is 12.8 Å². The molecule has 1 amide bonds. The van der Waals surface area contributed by atoms with E-state index in [1.807, 2.05) is 33.3 Å². The fourth-order valence-corrected chi connectivity index (χ4v) is 1.47. The Hall–Kier alpha value is -1.36. The predicted molar refractivity (Wildman–Crippen MR) is 67.4 cm³/mol. The van der Waals surface area contributed by atoms with E-state index in [0.717, 1.165) is 12.0 Å². The molecular weight excluding hydrogens is 216 g/mol. The van der Waals surface area contributed by atoms with Crippen LogP contribution in [0.4, 0.5) is 0 Å². The van der Waals surface area contributed by atoms with E-state index >= 15 is 0 Å². The molecule has 0 atom stereocenters. The highest BCUT2D eigenvalue weighted by Gasteiger charge is 2.12. The van der Waals surface area contributed by atoms with Crippen LogP contribution in [0.15, 0.2) is 12.4 Å². The van der Waals surface area contributed by atoms with Gasteiger partial charge in [-0.1, -0.05) is 0 Å². The average Bonchev–Trinajstić information content (AvgIpc) is 2.60. The molecule has 0 aromatic carbocycles. The minimum Gasteiger partial charge on any atom is -0.356 e. The third-order valence-electron chi connectivity index (χ3n) is 2.49. The largest absolute Gasteiger partial charge is 0.356 e. The van der Waals surface area contributed by atoms with Crippen LogP contribution in [0.2, 0.25) is 0 Å². The molecule has 0 saturated heterocycles. The van der Waals surface area contributed by atoms with Gasteiger partial charge in [0.1, 0.15) is 0 Å². The van der Waals surface area contributed by atoms with Crippen LogP contribution in [-0.4, -0.2) is 27.8 Å². The van der Waals surface area contributed by atoms with Crippen LogP contribution in [0.3, 0.4) is 0 Å². The molecule has 0 fully saturated rings. The monoisotopic (exact) mass is 238 g/mol. The Morgan fingerprint density at radius 1 is 1.59 bits per heavy atom. The molecule has 1 aromatic rings. The highest BCUT2D eigenvalue weighted by Crippen LogP contribution is 2.06. The van der Waals surface area contributed by atoms with Gasteiger partial charge >= 0.3 is 0 Å². The lowest BCUT2D eigenvalue weighted by Crippen LogP contribution is -2.34. The zero-order chi connectivity index (χ0) is 12.9. The van der Waals surface area contributed by atoms with Crippen molar-refractivity contribution >= 4 is 5.91 Å². The SMILES string of the molecule is Cn1cc(CCNC(=O)CCC(C)(C)N)cn1. The molecule has 1 aromatic heterocycles. The molecule has 17 heavy (non-hydrogen) atoms. The minimum absolute atomic E-state index is 0.0624. The lowest BCUT2D eigenvalue weighted by molar-refractivity contribution is -0.121. The summed E-state index contributed by atoms with van der Waals surface area (Å²) in [4.78, 5) is 11.5. The normalized spacial score (nSPS) is 11.5. The average molecular weight is 238 g/mol. The Kier molecular flexibility index (Phi) is 4.69. The van der Waals surface area contributed by atoms with Gasteiger partial charge < -0.3 is 11.1 Å². The maximum Gasteiger partial charge on any atom is 0.220 e. The fourth-order valence-electron chi connectivity index (χ4n) is 1.47. The number of rotatable bonds is 6. The molecule has 0 saturated carbocycles.